The zero-order chi connectivity index (χ0) is 46.7. The van der Waals surface area contributed by atoms with Crippen molar-refractivity contribution in [1.82, 2.24) is 0 Å². The third kappa shape index (κ3) is 9.46. The van der Waals surface area contributed by atoms with Crippen molar-refractivity contribution >= 4 is 23.3 Å². The van der Waals surface area contributed by atoms with E-state index in [0.29, 0.717) is 29.6 Å². The average molecular weight is 893 g/mol. The molecule has 0 fully saturated rings. The maximum absolute atomic E-state index is 3.84. The third-order valence-corrected chi connectivity index (χ3v) is 16.0. The molecule has 4 aromatic carbocycles. The molecule has 7 aliphatic rings. The summed E-state index contributed by atoms with van der Waals surface area (Å²) in [6.07, 6.45) is 51.7. The Bertz CT molecular complexity index is 3160. The Morgan fingerprint density at radius 3 is 2.23 bits per heavy atom. The van der Waals surface area contributed by atoms with Crippen molar-refractivity contribution in [1.29, 1.82) is 0 Å². The molecule has 5 unspecified atom stereocenters. The molecule has 0 radical (unpaired) electrons. The normalized spacial score (nSPS) is 22.7. The minimum atomic E-state index is -0.180. The van der Waals surface area contributed by atoms with Gasteiger partial charge >= 0.3 is 0 Å². The van der Waals surface area contributed by atoms with Crippen LogP contribution in [0.4, 0.5) is 0 Å². The topological polar surface area (TPSA) is 0 Å². The summed E-state index contributed by atoms with van der Waals surface area (Å²) in [4.78, 5) is 0. The van der Waals surface area contributed by atoms with E-state index in [1.165, 1.54) is 91.6 Å². The van der Waals surface area contributed by atoms with E-state index in [0.717, 1.165) is 43.3 Å². The van der Waals surface area contributed by atoms with Crippen LogP contribution in [0.2, 0.25) is 0 Å². The summed E-state index contributed by atoms with van der Waals surface area (Å²) in [5.74, 6) is 2.36. The number of hydrogen-bond acceptors (Lipinski definition) is 0. The van der Waals surface area contributed by atoms with Crippen LogP contribution in [0.25, 0.3) is 34.4 Å². The molecule has 4 aromatic rings. The molecule has 11 rings (SSSR count). The molecule has 69 heavy (non-hydrogen) atoms. The first-order chi connectivity index (χ1) is 33.8. The van der Waals surface area contributed by atoms with Crippen molar-refractivity contribution in [2.75, 3.05) is 0 Å². The predicted octanol–water partition coefficient (Wildman–Crippen LogP) is 18.1. The van der Waals surface area contributed by atoms with Crippen LogP contribution in [0.1, 0.15) is 111 Å². The SMILES string of the molecule is CC(c1ccc2c(c1)C(C)(C)C1=C=CC(C3=C=Cc4ccccc4C=C3)=CC=C12)C(CC1C=C(C2=CCCCC(C3C=CC=CC3)=C2)C=CC1)CC1C=C(c2cccc(-c3ccccc3)c2)C=CC1. The first-order valence-corrected chi connectivity index (χ1v) is 25.8. The highest BCUT2D eigenvalue weighted by Gasteiger charge is 2.39. The molecular formula is C69H64. The van der Waals surface area contributed by atoms with Gasteiger partial charge in [-0.15, -0.1) is 11.5 Å². The van der Waals surface area contributed by atoms with Gasteiger partial charge in [-0.3, -0.25) is 0 Å². The van der Waals surface area contributed by atoms with Gasteiger partial charge in [0, 0.05) is 22.5 Å². The molecule has 0 N–H and O–H groups in total. The molecular weight excluding hydrogens is 829 g/mol. The minimum absolute atomic E-state index is 0.180. The highest BCUT2D eigenvalue weighted by molar-refractivity contribution is 5.91. The Balaban J connectivity index is 0.901. The van der Waals surface area contributed by atoms with Crippen molar-refractivity contribution in [3.05, 3.63) is 273 Å². The average Bonchev–Trinajstić information content (AvgIpc) is 3.80. The second-order valence-electron chi connectivity index (χ2n) is 20.9. The minimum Gasteiger partial charge on any atom is -0.115 e. The van der Waals surface area contributed by atoms with E-state index in [9.17, 15) is 0 Å². The van der Waals surface area contributed by atoms with E-state index >= 15 is 0 Å². The Labute approximate surface area is 412 Å². The van der Waals surface area contributed by atoms with Crippen LogP contribution in [0.3, 0.4) is 0 Å². The fourth-order valence-corrected chi connectivity index (χ4v) is 12.0. The number of benzene rings is 4. The van der Waals surface area contributed by atoms with Gasteiger partial charge in [0.15, 0.2) is 0 Å². The van der Waals surface area contributed by atoms with E-state index in [2.05, 4.69) is 239 Å². The van der Waals surface area contributed by atoms with Crippen LogP contribution >= 0.6 is 0 Å². The monoisotopic (exact) mass is 893 g/mol. The largest absolute Gasteiger partial charge is 0.115 e. The van der Waals surface area contributed by atoms with Gasteiger partial charge in [0.1, 0.15) is 0 Å². The van der Waals surface area contributed by atoms with Crippen molar-refractivity contribution in [3.63, 3.8) is 0 Å². The quantitative estimate of drug-likeness (QED) is 0.132. The lowest BCUT2D eigenvalue weighted by Crippen LogP contribution is -2.20. The molecule has 0 heteroatoms. The molecule has 0 spiro atoms. The third-order valence-electron chi connectivity index (χ3n) is 16.0. The summed E-state index contributed by atoms with van der Waals surface area (Å²) in [5, 5.41) is 0. The smallest absolute Gasteiger partial charge is 0.0243 e. The lowest BCUT2D eigenvalue weighted by Gasteiger charge is -2.32. The van der Waals surface area contributed by atoms with Crippen LogP contribution in [0.15, 0.2) is 239 Å². The lowest BCUT2D eigenvalue weighted by molar-refractivity contribution is 0.310. The second-order valence-corrected chi connectivity index (χ2v) is 20.9. The first-order valence-electron chi connectivity index (χ1n) is 25.8. The number of hydrogen-bond donors (Lipinski definition) is 0. The van der Waals surface area contributed by atoms with Crippen LogP contribution < -0.4 is 0 Å². The van der Waals surface area contributed by atoms with E-state index in [4.69, 9.17) is 0 Å². The standard InChI is InChI=1S/C69H64/c1-48(57-36-39-66-65-38-35-56(37-40-67(65)69(2,3)68(66)47-57)55-33-31-53-23-10-11-24-54(53)32-34-55)64(44-50-18-15-28-59(42-50)63-30-16-29-61(46-63)52-21-8-5-9-22-52)43-49-17-14-27-58(41-49)62-26-13-12-25-60(45-62)51-19-6-4-7-20-51/h4-11,14-16,19,21-24,26-33,35-39,41-42,45-51,64H,12-13,17-18,20,25,43-44H2,1-3H3. The van der Waals surface area contributed by atoms with Crippen LogP contribution in [-0.4, -0.2) is 0 Å². The van der Waals surface area contributed by atoms with Gasteiger partial charge in [-0.2, -0.15) is 0 Å². The Kier molecular flexibility index (Phi) is 12.6. The predicted molar refractivity (Wildman–Crippen MR) is 294 cm³/mol. The van der Waals surface area contributed by atoms with Gasteiger partial charge in [-0.25, -0.2) is 0 Å². The van der Waals surface area contributed by atoms with Crippen LogP contribution in [0, 0.1) is 23.7 Å². The van der Waals surface area contributed by atoms with Crippen LogP contribution in [0.5, 0.6) is 0 Å². The molecule has 0 nitrogen and oxygen atoms in total. The summed E-state index contributed by atoms with van der Waals surface area (Å²) < 4.78 is 0. The molecule has 0 aliphatic heterocycles. The summed E-state index contributed by atoms with van der Waals surface area (Å²) >= 11 is 0. The zero-order valence-electron chi connectivity index (χ0n) is 40.7. The summed E-state index contributed by atoms with van der Waals surface area (Å²) in [6, 6.07) is 35.9. The molecule has 0 saturated heterocycles. The summed E-state index contributed by atoms with van der Waals surface area (Å²) in [7, 11) is 0. The maximum atomic E-state index is 3.84. The molecule has 5 atom stereocenters. The van der Waals surface area contributed by atoms with E-state index in [-0.39, 0.29) is 5.41 Å². The molecule has 0 aromatic heterocycles. The van der Waals surface area contributed by atoms with E-state index in [1.54, 1.807) is 5.57 Å². The fraction of sp³-hybridized carbons (Fsp3) is 0.246. The number of allylic oxidation sites excluding steroid dienone is 23. The summed E-state index contributed by atoms with van der Waals surface area (Å²) in [5.41, 5.74) is 28.3. The molecule has 0 bridgehead atoms. The lowest BCUT2D eigenvalue weighted by atomic mass is 9.72. The van der Waals surface area contributed by atoms with E-state index < -0.39 is 0 Å². The number of rotatable bonds is 11. The van der Waals surface area contributed by atoms with Crippen LogP contribution in [-0.2, 0) is 5.41 Å². The molecule has 7 aliphatic carbocycles. The molecule has 0 saturated carbocycles. The van der Waals surface area contributed by atoms with Gasteiger partial charge in [0.05, 0.1) is 0 Å². The van der Waals surface area contributed by atoms with Gasteiger partial charge in [0.2, 0.25) is 0 Å². The van der Waals surface area contributed by atoms with Gasteiger partial charge in [-0.05, 0) is 172 Å². The highest BCUT2D eigenvalue weighted by Crippen LogP contribution is 2.51. The van der Waals surface area contributed by atoms with Crippen molar-refractivity contribution in [3.8, 4) is 11.1 Å². The Morgan fingerprint density at radius 1 is 0.638 bits per heavy atom. The number of fused-ring (bicyclic) bond motifs is 4. The Morgan fingerprint density at radius 2 is 1.41 bits per heavy atom. The second kappa shape index (κ2) is 19.6. The fourth-order valence-electron chi connectivity index (χ4n) is 12.0. The van der Waals surface area contributed by atoms with Crippen molar-refractivity contribution < 1.29 is 0 Å². The van der Waals surface area contributed by atoms with Crippen molar-refractivity contribution in [2.45, 2.75) is 83.5 Å². The van der Waals surface area contributed by atoms with Gasteiger partial charge in [-0.1, -0.05) is 208 Å². The van der Waals surface area contributed by atoms with Gasteiger partial charge in [0.25, 0.3) is 0 Å². The molecule has 0 amide bonds. The Hall–Kier alpha value is -6.94. The highest BCUT2D eigenvalue weighted by atomic mass is 14.4. The summed E-state index contributed by atoms with van der Waals surface area (Å²) in [6.45, 7) is 7.34. The van der Waals surface area contributed by atoms with Gasteiger partial charge < -0.3 is 0 Å². The molecule has 340 valence electrons. The first kappa shape index (κ1) is 44.6. The van der Waals surface area contributed by atoms with Crippen molar-refractivity contribution in [2.24, 2.45) is 23.7 Å². The molecule has 0 heterocycles. The van der Waals surface area contributed by atoms with E-state index in [1.807, 2.05) is 0 Å². The maximum Gasteiger partial charge on any atom is 0.0243 e. The zero-order valence-corrected chi connectivity index (χ0v) is 40.7.